The van der Waals surface area contributed by atoms with Crippen LogP contribution in [0.3, 0.4) is 0 Å². The fourth-order valence-electron chi connectivity index (χ4n) is 1.82. The Morgan fingerprint density at radius 1 is 1.07 bits per heavy atom. The summed E-state index contributed by atoms with van der Waals surface area (Å²) in [4.78, 5) is 4.32. The van der Waals surface area contributed by atoms with Gasteiger partial charge in [-0.3, -0.25) is 0 Å². The maximum Gasteiger partial charge on any atom is 0.214 e. The maximum absolute atomic E-state index is 5.48. The summed E-state index contributed by atoms with van der Waals surface area (Å²) in [6, 6.07) is 0. The molecule has 0 saturated heterocycles. The second-order valence-electron chi connectivity index (χ2n) is 5.07. The van der Waals surface area contributed by atoms with E-state index in [0.717, 1.165) is 5.89 Å². The predicted molar refractivity (Wildman–Crippen MR) is 70.0 cm³/mol. The highest BCUT2D eigenvalue weighted by molar-refractivity contribution is 8.47. The predicted octanol–water partition coefficient (Wildman–Crippen LogP) is 3.06. The maximum atomic E-state index is 5.48. The van der Waals surface area contributed by atoms with Crippen LogP contribution in [0.25, 0.3) is 0 Å². The summed E-state index contributed by atoms with van der Waals surface area (Å²) in [5.41, 5.74) is 0. The molecule has 0 radical (unpaired) electrons. The van der Waals surface area contributed by atoms with Crippen LogP contribution in [0.5, 0.6) is 0 Å². The smallest absolute Gasteiger partial charge is 0.214 e. The van der Waals surface area contributed by atoms with Crippen LogP contribution in [0.4, 0.5) is 0 Å². The quantitative estimate of drug-likeness (QED) is 0.805. The van der Waals surface area contributed by atoms with Gasteiger partial charge in [-0.25, -0.2) is 25.0 Å². The minimum absolute atomic E-state index is 0.505. The second-order valence-corrected chi connectivity index (χ2v) is 14.0. The standard InChI is InChI=1S/C10H21NOS2/c1-13(2,3)10(14(4,5)6)9-11-7-8-12-9/h7-8,10H,1-6H3. The fraction of sp³-hybridized carbons (Fsp3) is 0.700. The van der Waals surface area contributed by atoms with Crippen molar-refractivity contribution in [3.05, 3.63) is 18.4 Å². The number of hydrogen-bond donors (Lipinski definition) is 0. The van der Waals surface area contributed by atoms with Gasteiger partial charge in [0, 0.05) is 0 Å². The molecular weight excluding hydrogens is 214 g/mol. The second kappa shape index (κ2) is 3.81. The van der Waals surface area contributed by atoms with Gasteiger partial charge in [0.25, 0.3) is 0 Å². The topological polar surface area (TPSA) is 26.0 Å². The molecule has 1 heterocycles. The van der Waals surface area contributed by atoms with Gasteiger partial charge in [0.2, 0.25) is 5.89 Å². The molecule has 0 unspecified atom stereocenters. The Bertz CT molecular complexity index is 268. The minimum Gasteiger partial charge on any atom is -0.447 e. The van der Waals surface area contributed by atoms with Crippen molar-refractivity contribution in [2.24, 2.45) is 0 Å². The first kappa shape index (κ1) is 12.0. The summed E-state index contributed by atoms with van der Waals surface area (Å²) in [5, 5.41) is 0. The molecule has 0 aliphatic carbocycles. The molecule has 4 heteroatoms. The molecule has 1 aromatic heterocycles. The number of nitrogens with zero attached hydrogens (tertiary/aromatic N) is 1. The summed E-state index contributed by atoms with van der Waals surface area (Å²) < 4.78 is 5.98. The molecule has 1 aromatic rings. The highest BCUT2D eigenvalue weighted by atomic mass is 32.3. The van der Waals surface area contributed by atoms with Crippen LogP contribution in [-0.4, -0.2) is 42.5 Å². The summed E-state index contributed by atoms with van der Waals surface area (Å²) >= 11 is 0. The third-order valence-electron chi connectivity index (χ3n) is 1.94. The molecule has 84 valence electrons. The molecule has 0 aromatic carbocycles. The monoisotopic (exact) mass is 235 g/mol. The Morgan fingerprint density at radius 3 is 1.86 bits per heavy atom. The summed E-state index contributed by atoms with van der Waals surface area (Å²) in [7, 11) is -1.33. The number of oxazole rings is 1. The number of aromatic nitrogens is 1. The summed E-state index contributed by atoms with van der Waals surface area (Å²) in [6.45, 7) is 0. The molecule has 0 bridgehead atoms. The zero-order valence-electron chi connectivity index (χ0n) is 9.90. The lowest BCUT2D eigenvalue weighted by molar-refractivity contribution is 0.513. The minimum atomic E-state index is -0.665. The molecule has 0 saturated carbocycles. The molecule has 0 atom stereocenters. The molecule has 1 rings (SSSR count). The van der Waals surface area contributed by atoms with E-state index in [1.54, 1.807) is 12.5 Å². The van der Waals surface area contributed by atoms with Crippen LogP contribution in [0, 0.1) is 0 Å². The molecule has 0 aliphatic heterocycles. The van der Waals surface area contributed by atoms with Gasteiger partial charge in [0.1, 0.15) is 6.26 Å². The van der Waals surface area contributed by atoms with Crippen molar-refractivity contribution in [1.82, 2.24) is 4.98 Å². The van der Waals surface area contributed by atoms with E-state index in [1.807, 2.05) is 0 Å². The first-order valence-electron chi connectivity index (χ1n) is 4.46. The number of rotatable bonds is 3. The van der Waals surface area contributed by atoms with Crippen molar-refractivity contribution in [2.45, 2.75) is 4.58 Å². The number of hydrogen-bond acceptors (Lipinski definition) is 2. The Labute approximate surface area is 90.1 Å². The van der Waals surface area contributed by atoms with E-state index in [9.17, 15) is 0 Å². The Hall–Kier alpha value is -0.0900. The third kappa shape index (κ3) is 2.70. The summed E-state index contributed by atoms with van der Waals surface area (Å²) in [5.74, 6) is 0.926. The van der Waals surface area contributed by atoms with E-state index in [0.29, 0.717) is 4.58 Å². The lowest BCUT2D eigenvalue weighted by Gasteiger charge is -2.45. The van der Waals surface area contributed by atoms with Crippen molar-refractivity contribution in [2.75, 3.05) is 37.5 Å². The molecular formula is C10H21NOS2. The summed E-state index contributed by atoms with van der Waals surface area (Å²) in [6.07, 6.45) is 17.4. The van der Waals surface area contributed by atoms with Gasteiger partial charge in [-0.1, -0.05) is 0 Å². The molecule has 14 heavy (non-hydrogen) atoms. The average Bonchev–Trinajstić information content (AvgIpc) is 2.31. The zero-order chi connectivity index (χ0) is 11.0. The van der Waals surface area contributed by atoms with Gasteiger partial charge in [0.15, 0.2) is 0 Å². The van der Waals surface area contributed by atoms with Crippen molar-refractivity contribution in [1.29, 1.82) is 0 Å². The van der Waals surface area contributed by atoms with Crippen LogP contribution in [0.15, 0.2) is 16.9 Å². The third-order valence-corrected chi connectivity index (χ3v) is 8.37. The van der Waals surface area contributed by atoms with E-state index in [4.69, 9.17) is 4.42 Å². The first-order chi connectivity index (χ1) is 6.23. The first-order valence-corrected chi connectivity index (χ1v) is 10.3. The van der Waals surface area contributed by atoms with E-state index < -0.39 is 20.1 Å². The van der Waals surface area contributed by atoms with Gasteiger partial charge < -0.3 is 4.42 Å². The Kier molecular flexibility index (Phi) is 3.26. The van der Waals surface area contributed by atoms with Crippen molar-refractivity contribution >= 4 is 20.1 Å². The normalized spacial score (nSPS) is 15.9. The van der Waals surface area contributed by atoms with Gasteiger partial charge >= 0.3 is 0 Å². The molecule has 0 amide bonds. The zero-order valence-corrected chi connectivity index (χ0v) is 11.5. The SMILES string of the molecule is CS(C)(C)C(c1ncco1)S(C)(C)C. The molecule has 0 N–H and O–H groups in total. The molecule has 0 fully saturated rings. The van der Waals surface area contributed by atoms with Gasteiger partial charge in [0.05, 0.1) is 10.8 Å². The van der Waals surface area contributed by atoms with Crippen LogP contribution >= 0.6 is 20.1 Å². The highest BCUT2D eigenvalue weighted by Crippen LogP contribution is 2.68. The lowest BCUT2D eigenvalue weighted by atomic mass is 10.8. The van der Waals surface area contributed by atoms with Crippen LogP contribution in [-0.2, 0) is 0 Å². The largest absolute Gasteiger partial charge is 0.447 e. The van der Waals surface area contributed by atoms with Crippen LogP contribution in [0.1, 0.15) is 10.5 Å². The van der Waals surface area contributed by atoms with Crippen molar-refractivity contribution < 1.29 is 4.42 Å². The highest BCUT2D eigenvalue weighted by Gasteiger charge is 2.33. The molecule has 0 aliphatic rings. The molecule has 0 spiro atoms. The van der Waals surface area contributed by atoms with Crippen LogP contribution in [0.2, 0.25) is 0 Å². The lowest BCUT2D eigenvalue weighted by Crippen LogP contribution is -2.14. The fourth-order valence-corrected chi connectivity index (χ4v) is 10.2. The average molecular weight is 235 g/mol. The molecule has 2 nitrogen and oxygen atoms in total. The van der Waals surface area contributed by atoms with E-state index >= 15 is 0 Å². The van der Waals surface area contributed by atoms with Gasteiger partial charge in [-0.15, -0.1) is 0 Å². The van der Waals surface area contributed by atoms with Crippen LogP contribution < -0.4 is 0 Å². The van der Waals surface area contributed by atoms with Gasteiger partial charge in [-0.05, 0) is 37.5 Å². The Balaban J connectivity index is 3.08. The van der Waals surface area contributed by atoms with Crippen molar-refractivity contribution in [3.63, 3.8) is 0 Å². The van der Waals surface area contributed by atoms with E-state index in [2.05, 4.69) is 42.5 Å². The van der Waals surface area contributed by atoms with E-state index in [1.165, 1.54) is 0 Å². The van der Waals surface area contributed by atoms with Gasteiger partial charge in [-0.2, -0.15) is 0 Å². The Morgan fingerprint density at radius 2 is 1.57 bits per heavy atom. The van der Waals surface area contributed by atoms with Crippen molar-refractivity contribution in [3.8, 4) is 0 Å². The van der Waals surface area contributed by atoms with E-state index in [-0.39, 0.29) is 0 Å².